The van der Waals surface area contributed by atoms with Crippen molar-refractivity contribution in [2.24, 2.45) is 5.73 Å². The number of nitrogens with one attached hydrogen (secondary N) is 1. The molecule has 0 saturated heterocycles. The van der Waals surface area contributed by atoms with E-state index >= 15 is 0 Å². The van der Waals surface area contributed by atoms with Crippen molar-refractivity contribution in [3.63, 3.8) is 0 Å². The van der Waals surface area contributed by atoms with Crippen molar-refractivity contribution in [3.05, 3.63) is 23.7 Å². The molecule has 1 amide bonds. The first-order valence-corrected chi connectivity index (χ1v) is 5.26. The number of rotatable bonds is 5. The first-order chi connectivity index (χ1) is 7.13. The molecule has 1 rings (SSSR count). The Morgan fingerprint density at radius 1 is 1.60 bits per heavy atom. The average Bonchev–Trinajstić information content (AvgIpc) is 2.65. The highest BCUT2D eigenvalue weighted by Crippen LogP contribution is 2.07. The summed E-state index contributed by atoms with van der Waals surface area (Å²) in [6.07, 6.45) is 1.57. The maximum atomic E-state index is 11.5. The molecule has 0 aromatic carbocycles. The molecular weight excluding hydrogens is 192 g/mol. The summed E-state index contributed by atoms with van der Waals surface area (Å²) in [7, 11) is 0. The predicted octanol–water partition coefficient (Wildman–Crippen LogP) is 1.31. The average molecular weight is 210 g/mol. The minimum absolute atomic E-state index is 0.105. The molecule has 0 aliphatic rings. The number of furan rings is 1. The zero-order valence-electron chi connectivity index (χ0n) is 9.25. The number of hydrogen-bond acceptors (Lipinski definition) is 3. The van der Waals surface area contributed by atoms with Gasteiger partial charge in [0.15, 0.2) is 5.76 Å². The third-order valence-electron chi connectivity index (χ3n) is 2.12. The van der Waals surface area contributed by atoms with Gasteiger partial charge in [0.25, 0.3) is 5.91 Å². The van der Waals surface area contributed by atoms with Gasteiger partial charge in [-0.2, -0.15) is 0 Å². The van der Waals surface area contributed by atoms with Crippen molar-refractivity contribution in [1.82, 2.24) is 5.32 Å². The summed E-state index contributed by atoms with van der Waals surface area (Å²) in [5, 5.41) is 2.76. The number of carbonyl (C=O) groups excluding carboxylic acids is 1. The zero-order valence-corrected chi connectivity index (χ0v) is 9.25. The van der Waals surface area contributed by atoms with Gasteiger partial charge >= 0.3 is 0 Å². The third kappa shape index (κ3) is 3.75. The molecule has 3 N–H and O–H groups in total. The van der Waals surface area contributed by atoms with Crippen LogP contribution in [0.25, 0.3) is 0 Å². The monoisotopic (exact) mass is 210 g/mol. The van der Waals surface area contributed by atoms with E-state index in [1.54, 1.807) is 6.07 Å². The molecule has 1 unspecified atom stereocenters. The Hall–Kier alpha value is -1.29. The number of amides is 1. The van der Waals surface area contributed by atoms with Crippen molar-refractivity contribution >= 4 is 5.91 Å². The van der Waals surface area contributed by atoms with Gasteiger partial charge in [-0.3, -0.25) is 4.79 Å². The Balaban J connectivity index is 2.40. The molecule has 4 heteroatoms. The van der Waals surface area contributed by atoms with E-state index in [1.165, 1.54) is 0 Å². The van der Waals surface area contributed by atoms with Gasteiger partial charge in [-0.1, -0.05) is 6.92 Å². The van der Waals surface area contributed by atoms with E-state index in [-0.39, 0.29) is 11.9 Å². The SMILES string of the molecule is CCc1ccc(C(=O)NCCC(C)N)o1. The second kappa shape index (κ2) is 5.56. The van der Waals surface area contributed by atoms with E-state index in [9.17, 15) is 4.79 Å². The molecule has 1 aromatic rings. The summed E-state index contributed by atoms with van der Waals surface area (Å²) in [5.41, 5.74) is 5.57. The van der Waals surface area contributed by atoms with Crippen molar-refractivity contribution in [3.8, 4) is 0 Å². The van der Waals surface area contributed by atoms with Gasteiger partial charge in [0.2, 0.25) is 0 Å². The molecular formula is C11H18N2O2. The fourth-order valence-electron chi connectivity index (χ4n) is 1.19. The van der Waals surface area contributed by atoms with Gasteiger partial charge in [0, 0.05) is 19.0 Å². The quantitative estimate of drug-likeness (QED) is 0.770. The molecule has 0 bridgehead atoms. The van der Waals surface area contributed by atoms with Gasteiger partial charge in [0.1, 0.15) is 5.76 Å². The molecule has 1 aromatic heterocycles. The van der Waals surface area contributed by atoms with Crippen LogP contribution in [0.3, 0.4) is 0 Å². The number of carbonyl (C=O) groups is 1. The molecule has 15 heavy (non-hydrogen) atoms. The minimum atomic E-state index is -0.171. The van der Waals surface area contributed by atoms with Gasteiger partial charge in [0.05, 0.1) is 0 Å². The van der Waals surface area contributed by atoms with Gasteiger partial charge in [-0.15, -0.1) is 0 Å². The van der Waals surface area contributed by atoms with Crippen molar-refractivity contribution in [1.29, 1.82) is 0 Å². The Morgan fingerprint density at radius 3 is 2.87 bits per heavy atom. The number of hydrogen-bond donors (Lipinski definition) is 2. The maximum Gasteiger partial charge on any atom is 0.286 e. The van der Waals surface area contributed by atoms with Crippen molar-refractivity contribution in [2.75, 3.05) is 6.54 Å². The van der Waals surface area contributed by atoms with Crippen LogP contribution in [0.1, 0.15) is 36.6 Å². The molecule has 0 spiro atoms. The van der Waals surface area contributed by atoms with Crippen LogP contribution in [0.5, 0.6) is 0 Å². The summed E-state index contributed by atoms with van der Waals surface area (Å²) in [5.74, 6) is 1.03. The van der Waals surface area contributed by atoms with Crippen LogP contribution < -0.4 is 11.1 Å². The first kappa shape index (κ1) is 11.8. The van der Waals surface area contributed by atoms with E-state index in [0.29, 0.717) is 12.3 Å². The Morgan fingerprint density at radius 2 is 2.33 bits per heavy atom. The molecule has 1 atom stereocenters. The van der Waals surface area contributed by atoms with E-state index < -0.39 is 0 Å². The Bertz CT molecular complexity index is 318. The summed E-state index contributed by atoms with van der Waals surface area (Å²) >= 11 is 0. The van der Waals surface area contributed by atoms with E-state index in [0.717, 1.165) is 18.6 Å². The maximum absolute atomic E-state index is 11.5. The van der Waals surface area contributed by atoms with Crippen LogP contribution in [-0.4, -0.2) is 18.5 Å². The summed E-state index contributed by atoms with van der Waals surface area (Å²) in [6, 6.07) is 3.62. The van der Waals surface area contributed by atoms with Crippen LogP contribution in [0.4, 0.5) is 0 Å². The lowest BCUT2D eigenvalue weighted by Gasteiger charge is -2.05. The molecule has 0 fully saturated rings. The molecule has 0 saturated carbocycles. The third-order valence-corrected chi connectivity index (χ3v) is 2.12. The summed E-state index contributed by atoms with van der Waals surface area (Å²) in [4.78, 5) is 11.5. The van der Waals surface area contributed by atoms with Gasteiger partial charge < -0.3 is 15.5 Å². The lowest BCUT2D eigenvalue weighted by atomic mass is 10.2. The highest BCUT2D eigenvalue weighted by atomic mass is 16.3. The van der Waals surface area contributed by atoms with Gasteiger partial charge in [-0.25, -0.2) is 0 Å². The molecule has 0 radical (unpaired) electrons. The Labute approximate surface area is 89.8 Å². The molecule has 1 heterocycles. The lowest BCUT2D eigenvalue weighted by Crippen LogP contribution is -2.28. The van der Waals surface area contributed by atoms with Crippen LogP contribution in [0, 0.1) is 0 Å². The van der Waals surface area contributed by atoms with E-state index in [4.69, 9.17) is 10.2 Å². The largest absolute Gasteiger partial charge is 0.456 e. The van der Waals surface area contributed by atoms with Crippen LogP contribution in [0.15, 0.2) is 16.5 Å². The lowest BCUT2D eigenvalue weighted by molar-refractivity contribution is 0.0923. The molecule has 84 valence electrons. The van der Waals surface area contributed by atoms with Crippen LogP contribution >= 0.6 is 0 Å². The van der Waals surface area contributed by atoms with E-state index in [2.05, 4.69) is 5.32 Å². The molecule has 4 nitrogen and oxygen atoms in total. The fourth-order valence-corrected chi connectivity index (χ4v) is 1.19. The normalized spacial score (nSPS) is 12.5. The highest BCUT2D eigenvalue weighted by Gasteiger charge is 2.09. The highest BCUT2D eigenvalue weighted by molar-refractivity contribution is 5.91. The topological polar surface area (TPSA) is 68.3 Å². The van der Waals surface area contributed by atoms with E-state index in [1.807, 2.05) is 19.9 Å². The van der Waals surface area contributed by atoms with Crippen LogP contribution in [0.2, 0.25) is 0 Å². The van der Waals surface area contributed by atoms with Gasteiger partial charge in [-0.05, 0) is 25.5 Å². The van der Waals surface area contributed by atoms with Crippen molar-refractivity contribution < 1.29 is 9.21 Å². The summed E-state index contributed by atoms with van der Waals surface area (Å²) in [6.45, 7) is 4.48. The minimum Gasteiger partial charge on any atom is -0.456 e. The number of nitrogens with two attached hydrogens (primary N) is 1. The molecule has 0 aliphatic carbocycles. The smallest absolute Gasteiger partial charge is 0.286 e. The van der Waals surface area contributed by atoms with Crippen molar-refractivity contribution in [2.45, 2.75) is 32.7 Å². The number of aryl methyl sites for hydroxylation is 1. The Kier molecular flexibility index (Phi) is 4.37. The molecule has 0 aliphatic heterocycles. The second-order valence-electron chi connectivity index (χ2n) is 3.64. The predicted molar refractivity (Wildman–Crippen MR) is 58.7 cm³/mol. The zero-order chi connectivity index (χ0) is 11.3. The fraction of sp³-hybridized carbons (Fsp3) is 0.545. The standard InChI is InChI=1S/C11H18N2O2/c1-3-9-4-5-10(15-9)11(14)13-7-6-8(2)12/h4-5,8H,3,6-7,12H2,1-2H3,(H,13,14). The summed E-state index contributed by atoms with van der Waals surface area (Å²) < 4.78 is 5.31. The van der Waals surface area contributed by atoms with Crippen LogP contribution in [-0.2, 0) is 6.42 Å². The first-order valence-electron chi connectivity index (χ1n) is 5.26. The second-order valence-corrected chi connectivity index (χ2v) is 3.64.